The minimum absolute atomic E-state index is 0.289. The highest BCUT2D eigenvalue weighted by Crippen LogP contribution is 2.26. The van der Waals surface area contributed by atoms with Gasteiger partial charge in [-0.1, -0.05) is 0 Å². The molecule has 0 amide bonds. The van der Waals surface area contributed by atoms with Crippen LogP contribution in [0.1, 0.15) is 10.4 Å². The van der Waals surface area contributed by atoms with Crippen molar-refractivity contribution in [2.24, 2.45) is 0 Å². The molecule has 3 aromatic rings. The molecular formula is C16H12N2O2S2. The van der Waals surface area contributed by atoms with Gasteiger partial charge in [-0.25, -0.2) is 9.78 Å². The van der Waals surface area contributed by atoms with Crippen molar-refractivity contribution in [2.75, 3.05) is 4.72 Å². The molecule has 0 bridgehead atoms. The minimum Gasteiger partial charge on any atom is -0.478 e. The fourth-order valence-corrected chi connectivity index (χ4v) is 3.12. The highest BCUT2D eigenvalue weighted by Gasteiger charge is 2.03. The van der Waals surface area contributed by atoms with E-state index in [9.17, 15) is 4.79 Å². The normalized spacial score (nSPS) is 10.4. The molecule has 0 saturated carbocycles. The lowest BCUT2D eigenvalue weighted by atomic mass is 10.2. The van der Waals surface area contributed by atoms with Gasteiger partial charge in [-0.05, 0) is 60.5 Å². The Bertz CT molecular complexity index is 754. The molecular weight excluding hydrogens is 316 g/mol. The van der Waals surface area contributed by atoms with Crippen LogP contribution < -0.4 is 4.72 Å². The van der Waals surface area contributed by atoms with Crippen molar-refractivity contribution < 1.29 is 9.90 Å². The van der Waals surface area contributed by atoms with Crippen molar-refractivity contribution >= 4 is 34.9 Å². The van der Waals surface area contributed by atoms with Crippen molar-refractivity contribution in [3.8, 4) is 10.6 Å². The molecule has 0 fully saturated rings. The molecule has 22 heavy (non-hydrogen) atoms. The van der Waals surface area contributed by atoms with E-state index >= 15 is 0 Å². The van der Waals surface area contributed by atoms with Crippen molar-refractivity contribution in [1.29, 1.82) is 0 Å². The first kappa shape index (κ1) is 14.6. The lowest BCUT2D eigenvalue weighted by Crippen LogP contribution is -1.95. The predicted octanol–water partition coefficient (Wildman–Crippen LogP) is 4.63. The number of hydrogen-bond acceptors (Lipinski definition) is 5. The van der Waals surface area contributed by atoms with Gasteiger partial charge in [0, 0.05) is 27.7 Å². The number of thiazole rings is 1. The van der Waals surface area contributed by atoms with Crippen LogP contribution in [-0.2, 0) is 0 Å². The van der Waals surface area contributed by atoms with Crippen LogP contribution in [0.4, 0.5) is 5.69 Å². The second-order valence-electron chi connectivity index (χ2n) is 4.45. The fraction of sp³-hybridized carbons (Fsp3) is 0. The number of carbonyl (C=O) groups is 1. The average Bonchev–Trinajstić information content (AvgIpc) is 3.08. The van der Waals surface area contributed by atoms with Crippen molar-refractivity contribution in [2.45, 2.75) is 4.90 Å². The largest absolute Gasteiger partial charge is 0.478 e. The molecule has 0 aliphatic heterocycles. The quantitative estimate of drug-likeness (QED) is 0.669. The summed E-state index contributed by atoms with van der Waals surface area (Å²) >= 11 is 3.05. The molecule has 2 aromatic carbocycles. The third kappa shape index (κ3) is 3.47. The molecule has 0 radical (unpaired) electrons. The van der Waals surface area contributed by atoms with E-state index in [4.69, 9.17) is 5.11 Å². The van der Waals surface area contributed by atoms with E-state index in [1.807, 2.05) is 29.6 Å². The van der Waals surface area contributed by atoms with Crippen molar-refractivity contribution in [3.63, 3.8) is 0 Å². The number of hydrogen-bond donors (Lipinski definition) is 2. The number of carboxylic acids is 1. The molecule has 110 valence electrons. The average molecular weight is 328 g/mol. The molecule has 3 rings (SSSR count). The number of aromatic carboxylic acids is 1. The van der Waals surface area contributed by atoms with Crippen molar-refractivity contribution in [3.05, 3.63) is 65.7 Å². The summed E-state index contributed by atoms with van der Waals surface area (Å²) in [4.78, 5) is 16.0. The number of benzene rings is 2. The van der Waals surface area contributed by atoms with Crippen LogP contribution in [0.15, 0.2) is 65.0 Å². The summed E-state index contributed by atoms with van der Waals surface area (Å²) in [5.74, 6) is -0.915. The van der Waals surface area contributed by atoms with Gasteiger partial charge in [0.2, 0.25) is 0 Å². The van der Waals surface area contributed by atoms with Gasteiger partial charge >= 0.3 is 5.97 Å². The topological polar surface area (TPSA) is 62.2 Å². The molecule has 0 spiro atoms. The summed E-state index contributed by atoms with van der Waals surface area (Å²) in [7, 11) is 0. The minimum atomic E-state index is -0.915. The Hall–Kier alpha value is -2.31. The summed E-state index contributed by atoms with van der Waals surface area (Å²) < 4.78 is 3.23. The highest BCUT2D eigenvalue weighted by molar-refractivity contribution is 8.00. The Balaban J connectivity index is 1.63. The predicted molar refractivity (Wildman–Crippen MR) is 90.4 cm³/mol. The summed E-state index contributed by atoms with van der Waals surface area (Å²) in [5.41, 5.74) is 2.36. The molecule has 0 unspecified atom stereocenters. The van der Waals surface area contributed by atoms with E-state index in [1.165, 1.54) is 11.9 Å². The molecule has 0 aliphatic rings. The van der Waals surface area contributed by atoms with Crippen LogP contribution in [-0.4, -0.2) is 16.1 Å². The zero-order valence-electron chi connectivity index (χ0n) is 11.4. The Morgan fingerprint density at radius 1 is 1.09 bits per heavy atom. The van der Waals surface area contributed by atoms with Crippen LogP contribution in [0, 0.1) is 0 Å². The highest BCUT2D eigenvalue weighted by atomic mass is 32.2. The standard InChI is InChI=1S/C16H12N2O2S2/c19-16(20)12-3-7-14(8-4-12)22-18-13-5-1-11(2-6-13)15-17-9-10-21-15/h1-10,18H,(H,19,20). The number of aromatic nitrogens is 1. The van der Waals surface area contributed by atoms with Gasteiger partial charge in [-0.15, -0.1) is 11.3 Å². The molecule has 0 atom stereocenters. The molecule has 2 N–H and O–H groups in total. The molecule has 0 aliphatic carbocycles. The zero-order chi connectivity index (χ0) is 15.4. The van der Waals surface area contributed by atoms with Crippen LogP contribution >= 0.6 is 23.3 Å². The van der Waals surface area contributed by atoms with E-state index in [-0.39, 0.29) is 5.56 Å². The fourth-order valence-electron chi connectivity index (χ4n) is 1.83. The second kappa shape index (κ2) is 6.64. The van der Waals surface area contributed by atoms with Crippen molar-refractivity contribution in [1.82, 2.24) is 4.98 Å². The van der Waals surface area contributed by atoms with Crippen LogP contribution in [0.3, 0.4) is 0 Å². The van der Waals surface area contributed by atoms with Crippen LogP contribution in [0.25, 0.3) is 10.6 Å². The van der Waals surface area contributed by atoms with Gasteiger partial charge in [0.15, 0.2) is 0 Å². The first-order chi connectivity index (χ1) is 10.7. The molecule has 4 nitrogen and oxygen atoms in total. The SMILES string of the molecule is O=C(O)c1ccc(SNc2ccc(-c3nccs3)cc2)cc1. The van der Waals surface area contributed by atoms with Crippen LogP contribution in [0.5, 0.6) is 0 Å². The van der Waals surface area contributed by atoms with Gasteiger partial charge in [0.1, 0.15) is 5.01 Å². The first-order valence-electron chi connectivity index (χ1n) is 6.48. The van der Waals surface area contributed by atoms with E-state index in [0.717, 1.165) is 21.2 Å². The lowest BCUT2D eigenvalue weighted by Gasteiger charge is -2.06. The summed E-state index contributed by atoms with van der Waals surface area (Å²) in [6.45, 7) is 0. The van der Waals surface area contributed by atoms with Gasteiger partial charge < -0.3 is 9.83 Å². The maximum atomic E-state index is 10.8. The number of rotatable bonds is 5. The zero-order valence-corrected chi connectivity index (χ0v) is 13.0. The summed E-state index contributed by atoms with van der Waals surface area (Å²) in [5, 5.41) is 11.8. The van der Waals surface area contributed by atoms with Gasteiger partial charge in [0.25, 0.3) is 0 Å². The van der Waals surface area contributed by atoms with Gasteiger partial charge in [-0.2, -0.15) is 0 Å². The first-order valence-corrected chi connectivity index (χ1v) is 8.18. The van der Waals surface area contributed by atoms with E-state index in [2.05, 4.69) is 9.71 Å². The van der Waals surface area contributed by atoms with Crippen LogP contribution in [0.2, 0.25) is 0 Å². The summed E-state index contributed by atoms with van der Waals surface area (Å²) in [6, 6.07) is 14.8. The van der Waals surface area contributed by atoms with E-state index in [0.29, 0.717) is 0 Å². The molecule has 1 heterocycles. The third-order valence-electron chi connectivity index (χ3n) is 2.95. The summed E-state index contributed by atoms with van der Waals surface area (Å²) in [6.07, 6.45) is 1.79. The second-order valence-corrected chi connectivity index (χ2v) is 6.22. The number of nitrogens with one attached hydrogen (secondary N) is 1. The smallest absolute Gasteiger partial charge is 0.335 e. The lowest BCUT2D eigenvalue weighted by molar-refractivity contribution is 0.0697. The number of anilines is 1. The Morgan fingerprint density at radius 2 is 1.82 bits per heavy atom. The van der Waals surface area contributed by atoms with E-state index in [1.54, 1.807) is 41.8 Å². The molecule has 6 heteroatoms. The Morgan fingerprint density at radius 3 is 2.41 bits per heavy atom. The molecule has 0 saturated heterocycles. The monoisotopic (exact) mass is 328 g/mol. The molecule has 1 aromatic heterocycles. The van der Waals surface area contributed by atoms with Gasteiger partial charge in [-0.3, -0.25) is 0 Å². The number of nitrogens with zero attached hydrogens (tertiary/aromatic N) is 1. The third-order valence-corrected chi connectivity index (χ3v) is 4.62. The maximum Gasteiger partial charge on any atom is 0.335 e. The Kier molecular flexibility index (Phi) is 4.41. The van der Waals surface area contributed by atoms with Gasteiger partial charge in [0.05, 0.1) is 5.56 Å². The number of carboxylic acid groups (broad SMARTS) is 1. The Labute approximate surface area is 136 Å². The van der Waals surface area contributed by atoms with E-state index < -0.39 is 5.97 Å². The maximum absolute atomic E-state index is 10.8.